The molecule has 0 aliphatic rings. The lowest BCUT2D eigenvalue weighted by molar-refractivity contribution is -0.385. The van der Waals surface area contributed by atoms with Crippen LogP contribution in [0, 0.1) is 10.1 Å². The number of hydrogen-bond acceptors (Lipinski definition) is 5. The predicted octanol–water partition coefficient (Wildman–Crippen LogP) is 3.75. The molecular formula is C18H17NO5. The van der Waals surface area contributed by atoms with Gasteiger partial charge in [0.05, 0.1) is 17.1 Å². The summed E-state index contributed by atoms with van der Waals surface area (Å²) in [6.45, 7) is 2.34. The van der Waals surface area contributed by atoms with Crippen LogP contribution in [0.25, 0.3) is 6.08 Å². The molecule has 0 bridgehead atoms. The highest BCUT2D eigenvalue weighted by atomic mass is 16.6. The number of esters is 1. The summed E-state index contributed by atoms with van der Waals surface area (Å²) in [5.41, 5.74) is 1.10. The Hall–Kier alpha value is -3.15. The van der Waals surface area contributed by atoms with E-state index in [9.17, 15) is 14.9 Å². The lowest BCUT2D eigenvalue weighted by atomic mass is 10.2. The summed E-state index contributed by atoms with van der Waals surface area (Å²) >= 11 is 0. The van der Waals surface area contributed by atoms with Gasteiger partial charge in [-0.1, -0.05) is 24.3 Å². The molecule has 0 unspecified atom stereocenters. The van der Waals surface area contributed by atoms with E-state index in [1.165, 1.54) is 12.1 Å². The molecule has 2 rings (SSSR count). The Morgan fingerprint density at radius 1 is 1.17 bits per heavy atom. The van der Waals surface area contributed by atoms with Gasteiger partial charge >= 0.3 is 5.97 Å². The molecule has 0 aromatic heterocycles. The van der Waals surface area contributed by atoms with Crippen LogP contribution < -0.4 is 4.74 Å². The molecule has 6 nitrogen and oxygen atoms in total. The Bertz CT molecular complexity index is 737. The first-order valence-electron chi connectivity index (χ1n) is 7.40. The van der Waals surface area contributed by atoms with Gasteiger partial charge in [0, 0.05) is 12.1 Å². The highest BCUT2D eigenvalue weighted by Crippen LogP contribution is 2.18. The van der Waals surface area contributed by atoms with E-state index in [-0.39, 0.29) is 12.3 Å². The summed E-state index contributed by atoms with van der Waals surface area (Å²) in [5.74, 6) is 0.190. The molecular weight excluding hydrogens is 310 g/mol. The standard InChI is InChI=1S/C18H17NO5/c1-2-23-16-10-7-14(8-11-16)9-12-18(20)24-13-15-5-3-4-6-17(15)19(21)22/h3-12H,2,13H2,1H3/b12-9+. The van der Waals surface area contributed by atoms with E-state index in [0.717, 1.165) is 11.3 Å². The van der Waals surface area contributed by atoms with Gasteiger partial charge in [0.2, 0.25) is 0 Å². The average Bonchev–Trinajstić information content (AvgIpc) is 2.59. The van der Waals surface area contributed by atoms with Crippen LogP contribution in [0.15, 0.2) is 54.6 Å². The first kappa shape index (κ1) is 17.2. The fourth-order valence-corrected chi connectivity index (χ4v) is 2.01. The Labute approximate surface area is 139 Å². The molecule has 0 spiro atoms. The van der Waals surface area contributed by atoms with Gasteiger partial charge in [0.25, 0.3) is 5.69 Å². The van der Waals surface area contributed by atoms with E-state index in [4.69, 9.17) is 9.47 Å². The van der Waals surface area contributed by atoms with Crippen LogP contribution in [0.2, 0.25) is 0 Å². The molecule has 124 valence electrons. The molecule has 2 aromatic rings. The van der Waals surface area contributed by atoms with Crippen molar-refractivity contribution in [1.82, 2.24) is 0 Å². The van der Waals surface area contributed by atoms with Crippen molar-refractivity contribution >= 4 is 17.7 Å². The summed E-state index contributed by atoms with van der Waals surface area (Å²) in [4.78, 5) is 22.1. The number of rotatable bonds is 7. The van der Waals surface area contributed by atoms with Crippen LogP contribution >= 0.6 is 0 Å². The zero-order valence-electron chi connectivity index (χ0n) is 13.2. The van der Waals surface area contributed by atoms with Crippen LogP contribution in [-0.2, 0) is 16.1 Å². The Morgan fingerprint density at radius 3 is 2.54 bits per heavy atom. The van der Waals surface area contributed by atoms with Gasteiger partial charge < -0.3 is 9.47 Å². The van der Waals surface area contributed by atoms with Crippen molar-refractivity contribution in [2.75, 3.05) is 6.61 Å². The van der Waals surface area contributed by atoms with Crippen molar-refractivity contribution in [3.63, 3.8) is 0 Å². The number of para-hydroxylation sites is 1. The second kappa shape index (κ2) is 8.47. The number of hydrogen-bond donors (Lipinski definition) is 0. The van der Waals surface area contributed by atoms with Gasteiger partial charge in [0.1, 0.15) is 12.4 Å². The molecule has 0 atom stereocenters. The number of carbonyl (C=O) groups excluding carboxylic acids is 1. The third kappa shape index (κ3) is 4.95. The minimum Gasteiger partial charge on any atom is -0.494 e. The number of nitro benzene ring substituents is 1. The van der Waals surface area contributed by atoms with Gasteiger partial charge in [-0.15, -0.1) is 0 Å². The fourth-order valence-electron chi connectivity index (χ4n) is 2.01. The maximum absolute atomic E-state index is 11.7. The molecule has 0 radical (unpaired) electrons. The predicted molar refractivity (Wildman–Crippen MR) is 89.5 cm³/mol. The summed E-state index contributed by atoms with van der Waals surface area (Å²) in [5, 5.41) is 10.9. The van der Waals surface area contributed by atoms with Gasteiger partial charge in [-0.2, -0.15) is 0 Å². The fraction of sp³-hybridized carbons (Fsp3) is 0.167. The van der Waals surface area contributed by atoms with Crippen molar-refractivity contribution < 1.29 is 19.2 Å². The van der Waals surface area contributed by atoms with Crippen LogP contribution in [0.5, 0.6) is 5.75 Å². The Morgan fingerprint density at radius 2 is 1.88 bits per heavy atom. The third-order valence-electron chi connectivity index (χ3n) is 3.16. The Balaban J connectivity index is 1.92. The molecule has 0 fully saturated rings. The maximum atomic E-state index is 11.7. The van der Waals surface area contributed by atoms with E-state index in [1.54, 1.807) is 24.3 Å². The minimum absolute atomic E-state index is 0.0687. The molecule has 0 saturated heterocycles. The van der Waals surface area contributed by atoms with Gasteiger partial charge in [-0.05, 0) is 36.8 Å². The third-order valence-corrected chi connectivity index (χ3v) is 3.16. The Kier molecular flexibility index (Phi) is 6.08. The largest absolute Gasteiger partial charge is 0.494 e. The second-order valence-corrected chi connectivity index (χ2v) is 4.83. The van der Waals surface area contributed by atoms with E-state index in [0.29, 0.717) is 12.2 Å². The van der Waals surface area contributed by atoms with E-state index < -0.39 is 10.9 Å². The summed E-state index contributed by atoms with van der Waals surface area (Å²) in [6, 6.07) is 13.4. The van der Waals surface area contributed by atoms with Gasteiger partial charge in [-0.25, -0.2) is 4.79 Å². The smallest absolute Gasteiger partial charge is 0.331 e. The zero-order valence-corrected chi connectivity index (χ0v) is 13.2. The van der Waals surface area contributed by atoms with Crippen molar-refractivity contribution in [3.8, 4) is 5.75 Å². The quantitative estimate of drug-likeness (QED) is 0.335. The van der Waals surface area contributed by atoms with Gasteiger partial charge in [-0.3, -0.25) is 10.1 Å². The van der Waals surface area contributed by atoms with Crippen molar-refractivity contribution in [2.45, 2.75) is 13.5 Å². The number of ether oxygens (including phenoxy) is 2. The van der Waals surface area contributed by atoms with E-state index >= 15 is 0 Å². The molecule has 0 heterocycles. The molecule has 6 heteroatoms. The van der Waals surface area contributed by atoms with E-state index in [2.05, 4.69) is 0 Å². The van der Waals surface area contributed by atoms with Crippen molar-refractivity contribution in [3.05, 3.63) is 75.8 Å². The monoisotopic (exact) mass is 327 g/mol. The molecule has 0 aliphatic heterocycles. The first-order chi connectivity index (χ1) is 11.6. The summed E-state index contributed by atoms with van der Waals surface area (Å²) < 4.78 is 10.4. The zero-order chi connectivity index (χ0) is 17.4. The molecule has 0 aliphatic carbocycles. The summed E-state index contributed by atoms with van der Waals surface area (Å²) in [6.07, 6.45) is 2.89. The molecule has 24 heavy (non-hydrogen) atoms. The number of benzene rings is 2. The highest BCUT2D eigenvalue weighted by molar-refractivity contribution is 5.87. The number of carbonyl (C=O) groups is 1. The van der Waals surface area contributed by atoms with E-state index in [1.807, 2.05) is 31.2 Å². The summed E-state index contributed by atoms with van der Waals surface area (Å²) in [7, 11) is 0. The molecule has 0 saturated carbocycles. The highest BCUT2D eigenvalue weighted by Gasteiger charge is 2.13. The molecule has 0 amide bonds. The van der Waals surface area contributed by atoms with Crippen molar-refractivity contribution in [2.24, 2.45) is 0 Å². The molecule has 2 aromatic carbocycles. The van der Waals surface area contributed by atoms with Crippen LogP contribution in [-0.4, -0.2) is 17.5 Å². The van der Waals surface area contributed by atoms with Gasteiger partial charge in [0.15, 0.2) is 0 Å². The van der Waals surface area contributed by atoms with Crippen LogP contribution in [0.1, 0.15) is 18.1 Å². The van der Waals surface area contributed by atoms with Crippen molar-refractivity contribution in [1.29, 1.82) is 0 Å². The minimum atomic E-state index is -0.568. The van der Waals surface area contributed by atoms with Crippen LogP contribution in [0.4, 0.5) is 5.69 Å². The second-order valence-electron chi connectivity index (χ2n) is 4.83. The topological polar surface area (TPSA) is 78.7 Å². The number of nitrogens with zero attached hydrogens (tertiary/aromatic N) is 1. The van der Waals surface area contributed by atoms with Crippen LogP contribution in [0.3, 0.4) is 0 Å². The number of nitro groups is 1. The normalized spacial score (nSPS) is 10.5. The first-order valence-corrected chi connectivity index (χ1v) is 7.40. The lowest BCUT2D eigenvalue weighted by Gasteiger charge is -2.04. The molecule has 0 N–H and O–H groups in total. The SMILES string of the molecule is CCOc1ccc(/C=C/C(=O)OCc2ccccc2[N+](=O)[O-])cc1. The lowest BCUT2D eigenvalue weighted by Crippen LogP contribution is -2.03. The average molecular weight is 327 g/mol. The maximum Gasteiger partial charge on any atom is 0.331 e.